The number of fused-ring (bicyclic) bond motifs is 1. The third kappa shape index (κ3) is 2.26. The number of likely N-dealkylation sites (tertiary alicyclic amines) is 1. The smallest absolute Gasteiger partial charge is 0.0596 e. The van der Waals surface area contributed by atoms with Gasteiger partial charge in [-0.1, -0.05) is 23.4 Å². The Labute approximate surface area is 110 Å². The number of nitrogens with zero attached hydrogens (tertiary/aromatic N) is 2. The van der Waals surface area contributed by atoms with Gasteiger partial charge in [0.2, 0.25) is 0 Å². The first kappa shape index (κ1) is 11.7. The van der Waals surface area contributed by atoms with E-state index in [0.717, 1.165) is 38.2 Å². The minimum absolute atomic E-state index is 0.887. The number of hydrogen-bond acceptors (Lipinski definition) is 4. The quantitative estimate of drug-likeness (QED) is 0.664. The fourth-order valence-corrected chi connectivity index (χ4v) is 3.42. The van der Waals surface area contributed by atoms with E-state index in [-0.39, 0.29) is 0 Å². The molecule has 0 aliphatic carbocycles. The van der Waals surface area contributed by atoms with Crippen LogP contribution in [-0.4, -0.2) is 28.9 Å². The minimum Gasteiger partial charge on any atom is -0.411 e. The molecule has 94 valence electrons. The van der Waals surface area contributed by atoms with Crippen molar-refractivity contribution in [1.29, 1.82) is 0 Å². The molecular weight excluding hydrogens is 244 g/mol. The second kappa shape index (κ2) is 5.08. The number of thiophene rings is 1. The topological polar surface area (TPSA) is 35.8 Å². The Morgan fingerprint density at radius 1 is 1.22 bits per heavy atom. The second-order valence-electron chi connectivity index (χ2n) is 4.70. The van der Waals surface area contributed by atoms with Gasteiger partial charge in [-0.15, -0.1) is 11.3 Å². The van der Waals surface area contributed by atoms with Crippen LogP contribution in [0.5, 0.6) is 0 Å². The van der Waals surface area contributed by atoms with Crippen molar-refractivity contribution in [3.63, 3.8) is 0 Å². The van der Waals surface area contributed by atoms with Crippen LogP contribution in [-0.2, 0) is 6.54 Å². The highest BCUT2D eigenvalue weighted by molar-refractivity contribution is 7.17. The van der Waals surface area contributed by atoms with Crippen LogP contribution in [0.3, 0.4) is 0 Å². The van der Waals surface area contributed by atoms with Crippen LogP contribution < -0.4 is 0 Å². The predicted octanol–water partition coefficient (Wildman–Crippen LogP) is 3.33. The van der Waals surface area contributed by atoms with E-state index in [4.69, 9.17) is 5.21 Å². The molecule has 0 spiro atoms. The zero-order chi connectivity index (χ0) is 12.4. The van der Waals surface area contributed by atoms with Gasteiger partial charge in [-0.25, -0.2) is 0 Å². The predicted molar refractivity (Wildman–Crippen MR) is 75.6 cm³/mol. The second-order valence-corrected chi connectivity index (χ2v) is 5.61. The Morgan fingerprint density at radius 3 is 2.78 bits per heavy atom. The van der Waals surface area contributed by atoms with Gasteiger partial charge in [0.05, 0.1) is 5.71 Å². The first-order valence-corrected chi connectivity index (χ1v) is 7.12. The number of hydrogen-bond donors (Lipinski definition) is 1. The maximum absolute atomic E-state index is 8.75. The molecule has 1 fully saturated rings. The van der Waals surface area contributed by atoms with Crippen molar-refractivity contribution in [2.45, 2.75) is 19.4 Å². The summed E-state index contributed by atoms with van der Waals surface area (Å²) >= 11 is 1.82. The van der Waals surface area contributed by atoms with E-state index in [1.54, 1.807) is 0 Å². The molecule has 0 unspecified atom stereocenters. The van der Waals surface area contributed by atoms with Crippen LogP contribution in [0.25, 0.3) is 10.1 Å². The Morgan fingerprint density at radius 2 is 2.00 bits per heavy atom. The number of piperidine rings is 1. The lowest BCUT2D eigenvalue weighted by atomic mass is 10.1. The fraction of sp³-hybridized carbons (Fsp3) is 0.357. The molecule has 0 amide bonds. The summed E-state index contributed by atoms with van der Waals surface area (Å²) in [7, 11) is 0. The molecular formula is C14H16N2OS. The normalized spacial score (nSPS) is 17.2. The summed E-state index contributed by atoms with van der Waals surface area (Å²) in [6.45, 7) is 2.98. The molecule has 3 rings (SSSR count). The van der Waals surface area contributed by atoms with Crippen LogP contribution in [0.15, 0.2) is 34.8 Å². The molecule has 2 aromatic rings. The molecule has 1 N–H and O–H groups in total. The van der Waals surface area contributed by atoms with Crippen LogP contribution in [0.1, 0.15) is 18.4 Å². The molecule has 2 heterocycles. The lowest BCUT2D eigenvalue weighted by molar-refractivity contribution is 0.257. The van der Waals surface area contributed by atoms with E-state index in [1.807, 2.05) is 11.3 Å². The van der Waals surface area contributed by atoms with Crippen LogP contribution in [0.4, 0.5) is 0 Å². The fourth-order valence-electron chi connectivity index (χ4n) is 2.47. The molecule has 0 bridgehead atoms. The van der Waals surface area contributed by atoms with Crippen molar-refractivity contribution in [3.8, 4) is 0 Å². The molecule has 18 heavy (non-hydrogen) atoms. The van der Waals surface area contributed by atoms with Crippen LogP contribution in [0, 0.1) is 0 Å². The Bertz CT molecular complexity index is 566. The molecule has 0 saturated carbocycles. The lowest BCUT2D eigenvalue weighted by Crippen LogP contribution is -2.33. The molecule has 4 heteroatoms. The van der Waals surface area contributed by atoms with Gasteiger partial charge in [0.15, 0.2) is 0 Å². The molecule has 1 aromatic carbocycles. The highest BCUT2D eigenvalue weighted by Crippen LogP contribution is 2.27. The summed E-state index contributed by atoms with van der Waals surface area (Å²) in [5.41, 5.74) is 2.35. The molecule has 1 aromatic heterocycles. The van der Waals surface area contributed by atoms with Gasteiger partial charge in [0.25, 0.3) is 0 Å². The zero-order valence-electron chi connectivity index (χ0n) is 10.2. The van der Waals surface area contributed by atoms with E-state index in [0.29, 0.717) is 0 Å². The largest absolute Gasteiger partial charge is 0.411 e. The van der Waals surface area contributed by atoms with E-state index < -0.39 is 0 Å². The molecule has 1 aliphatic heterocycles. The SMILES string of the molecule is ON=C1CCN(Cc2csc3ccccc23)CC1. The first-order chi connectivity index (χ1) is 8.86. The highest BCUT2D eigenvalue weighted by atomic mass is 32.1. The standard InChI is InChI=1S/C14H16N2OS/c17-15-12-5-7-16(8-6-12)9-11-10-18-14-4-2-1-3-13(11)14/h1-4,10,17H,5-9H2. The van der Waals surface area contributed by atoms with Crippen molar-refractivity contribution in [2.75, 3.05) is 13.1 Å². The summed E-state index contributed by atoms with van der Waals surface area (Å²) in [6, 6.07) is 8.57. The summed E-state index contributed by atoms with van der Waals surface area (Å²) in [6.07, 6.45) is 1.77. The Balaban J connectivity index is 1.73. The van der Waals surface area contributed by atoms with Gasteiger partial charge in [0.1, 0.15) is 0 Å². The van der Waals surface area contributed by atoms with E-state index in [1.165, 1.54) is 15.6 Å². The third-order valence-electron chi connectivity index (χ3n) is 3.53. The maximum atomic E-state index is 8.75. The summed E-state index contributed by atoms with van der Waals surface area (Å²) in [5.74, 6) is 0. The molecule has 0 radical (unpaired) electrons. The van der Waals surface area contributed by atoms with Gasteiger partial charge in [0, 0.05) is 37.2 Å². The van der Waals surface area contributed by atoms with Crippen molar-refractivity contribution in [2.24, 2.45) is 5.16 Å². The molecule has 1 saturated heterocycles. The summed E-state index contributed by atoms with van der Waals surface area (Å²) in [5, 5.41) is 15.7. The molecule has 3 nitrogen and oxygen atoms in total. The minimum atomic E-state index is 0.887. The monoisotopic (exact) mass is 260 g/mol. The number of benzene rings is 1. The molecule has 1 aliphatic rings. The van der Waals surface area contributed by atoms with E-state index >= 15 is 0 Å². The van der Waals surface area contributed by atoms with Crippen LogP contribution in [0.2, 0.25) is 0 Å². The van der Waals surface area contributed by atoms with Crippen molar-refractivity contribution in [3.05, 3.63) is 35.2 Å². The zero-order valence-corrected chi connectivity index (χ0v) is 11.0. The highest BCUT2D eigenvalue weighted by Gasteiger charge is 2.16. The average Bonchev–Trinajstić information content (AvgIpc) is 2.83. The third-order valence-corrected chi connectivity index (χ3v) is 4.54. The van der Waals surface area contributed by atoms with Crippen molar-refractivity contribution in [1.82, 2.24) is 4.90 Å². The van der Waals surface area contributed by atoms with Gasteiger partial charge < -0.3 is 5.21 Å². The average molecular weight is 260 g/mol. The number of oxime groups is 1. The summed E-state index contributed by atoms with van der Waals surface area (Å²) < 4.78 is 1.36. The van der Waals surface area contributed by atoms with Crippen molar-refractivity contribution >= 4 is 27.1 Å². The van der Waals surface area contributed by atoms with E-state index in [2.05, 4.69) is 39.7 Å². The Hall–Kier alpha value is -1.39. The van der Waals surface area contributed by atoms with Gasteiger partial charge in [-0.2, -0.15) is 0 Å². The van der Waals surface area contributed by atoms with Crippen LogP contribution >= 0.6 is 11.3 Å². The molecule has 0 atom stereocenters. The lowest BCUT2D eigenvalue weighted by Gasteiger charge is -2.26. The summed E-state index contributed by atoms with van der Waals surface area (Å²) in [4.78, 5) is 2.43. The first-order valence-electron chi connectivity index (χ1n) is 6.24. The Kier molecular flexibility index (Phi) is 3.30. The number of rotatable bonds is 2. The van der Waals surface area contributed by atoms with E-state index in [9.17, 15) is 0 Å². The maximum Gasteiger partial charge on any atom is 0.0596 e. The van der Waals surface area contributed by atoms with Gasteiger partial charge >= 0.3 is 0 Å². The van der Waals surface area contributed by atoms with Gasteiger partial charge in [-0.05, 0) is 22.4 Å². The van der Waals surface area contributed by atoms with Gasteiger partial charge in [-0.3, -0.25) is 4.90 Å². The van der Waals surface area contributed by atoms with Crippen molar-refractivity contribution < 1.29 is 5.21 Å².